The molecule has 0 fully saturated rings. The first-order valence-corrected chi connectivity index (χ1v) is 7.01. The van der Waals surface area contributed by atoms with Gasteiger partial charge in [0.05, 0.1) is 19.1 Å². The third kappa shape index (κ3) is 4.83. The Morgan fingerprint density at radius 3 is 2.50 bits per heavy atom. The lowest BCUT2D eigenvalue weighted by molar-refractivity contribution is -0.142. The van der Waals surface area contributed by atoms with Crippen LogP contribution in [-0.4, -0.2) is 37.3 Å². The standard InChI is InChI=1S/C15H24N2O3/c1-3-17(10-9-15(19)20-4-2)13-7-5-12(6-8-13)14(18)11-16/h5-8,14,18H,3-4,9-11,16H2,1-2H3. The summed E-state index contributed by atoms with van der Waals surface area (Å²) in [6, 6.07) is 7.59. The van der Waals surface area contributed by atoms with Crippen molar-refractivity contribution in [1.29, 1.82) is 0 Å². The average Bonchev–Trinajstić information content (AvgIpc) is 2.48. The van der Waals surface area contributed by atoms with E-state index in [9.17, 15) is 9.90 Å². The zero-order chi connectivity index (χ0) is 15.0. The summed E-state index contributed by atoms with van der Waals surface area (Å²) in [5, 5.41) is 9.65. The number of hydrogen-bond acceptors (Lipinski definition) is 5. The second-order valence-corrected chi connectivity index (χ2v) is 4.48. The number of esters is 1. The lowest BCUT2D eigenvalue weighted by atomic mass is 10.1. The van der Waals surface area contributed by atoms with Gasteiger partial charge in [-0.05, 0) is 31.5 Å². The molecule has 0 aliphatic rings. The molecule has 5 heteroatoms. The Morgan fingerprint density at radius 2 is 2.00 bits per heavy atom. The van der Waals surface area contributed by atoms with Gasteiger partial charge in [0.25, 0.3) is 0 Å². The predicted octanol–water partition coefficient (Wildman–Crippen LogP) is 1.46. The predicted molar refractivity (Wildman–Crippen MR) is 79.6 cm³/mol. The summed E-state index contributed by atoms with van der Waals surface area (Å²) >= 11 is 0. The van der Waals surface area contributed by atoms with Crippen LogP contribution in [0.3, 0.4) is 0 Å². The zero-order valence-electron chi connectivity index (χ0n) is 12.2. The maximum absolute atomic E-state index is 11.4. The number of rotatable bonds is 8. The van der Waals surface area contributed by atoms with E-state index in [0.29, 0.717) is 19.6 Å². The Balaban J connectivity index is 2.63. The number of carbonyl (C=O) groups excluding carboxylic acids is 1. The summed E-state index contributed by atoms with van der Waals surface area (Å²) in [6.45, 7) is 5.88. The summed E-state index contributed by atoms with van der Waals surface area (Å²) in [4.78, 5) is 13.5. The second kappa shape index (κ2) is 8.55. The van der Waals surface area contributed by atoms with Crippen LogP contribution in [0.25, 0.3) is 0 Å². The highest BCUT2D eigenvalue weighted by molar-refractivity contribution is 5.70. The fraction of sp³-hybridized carbons (Fsp3) is 0.533. The molecule has 0 heterocycles. The molecule has 0 spiro atoms. The highest BCUT2D eigenvalue weighted by Crippen LogP contribution is 2.19. The van der Waals surface area contributed by atoms with Crippen LogP contribution in [0.2, 0.25) is 0 Å². The number of nitrogens with two attached hydrogens (primary N) is 1. The Hall–Kier alpha value is -1.59. The van der Waals surface area contributed by atoms with Gasteiger partial charge in [0.2, 0.25) is 0 Å². The van der Waals surface area contributed by atoms with Gasteiger partial charge in [-0.2, -0.15) is 0 Å². The zero-order valence-corrected chi connectivity index (χ0v) is 12.2. The molecule has 0 amide bonds. The highest BCUT2D eigenvalue weighted by Gasteiger charge is 2.10. The van der Waals surface area contributed by atoms with Gasteiger partial charge in [-0.15, -0.1) is 0 Å². The number of ether oxygens (including phenoxy) is 1. The van der Waals surface area contributed by atoms with Gasteiger partial charge < -0.3 is 20.5 Å². The minimum absolute atomic E-state index is 0.180. The van der Waals surface area contributed by atoms with Crippen molar-refractivity contribution in [3.05, 3.63) is 29.8 Å². The summed E-state index contributed by atoms with van der Waals surface area (Å²) in [5.74, 6) is -0.180. The molecule has 1 atom stereocenters. The largest absolute Gasteiger partial charge is 0.466 e. The van der Waals surface area contributed by atoms with E-state index in [2.05, 4.69) is 4.90 Å². The van der Waals surface area contributed by atoms with Crippen LogP contribution in [-0.2, 0) is 9.53 Å². The van der Waals surface area contributed by atoms with Crippen molar-refractivity contribution in [3.8, 4) is 0 Å². The van der Waals surface area contributed by atoms with Gasteiger partial charge in [0.1, 0.15) is 0 Å². The van der Waals surface area contributed by atoms with E-state index >= 15 is 0 Å². The van der Waals surface area contributed by atoms with Crippen LogP contribution in [0.15, 0.2) is 24.3 Å². The first-order chi connectivity index (χ1) is 9.62. The summed E-state index contributed by atoms with van der Waals surface area (Å²) < 4.78 is 4.93. The van der Waals surface area contributed by atoms with Crippen LogP contribution in [0.1, 0.15) is 31.9 Å². The molecule has 1 aromatic rings. The quantitative estimate of drug-likeness (QED) is 0.705. The molecular formula is C15H24N2O3. The molecule has 0 radical (unpaired) electrons. The van der Waals surface area contributed by atoms with Crippen molar-refractivity contribution in [2.24, 2.45) is 5.73 Å². The first kappa shape index (κ1) is 16.5. The third-order valence-electron chi connectivity index (χ3n) is 3.14. The van der Waals surface area contributed by atoms with Gasteiger partial charge in [-0.3, -0.25) is 4.79 Å². The minimum Gasteiger partial charge on any atom is -0.466 e. The molecule has 0 saturated heterocycles. The maximum Gasteiger partial charge on any atom is 0.307 e. The Kier molecular flexibility index (Phi) is 7.04. The number of hydrogen-bond donors (Lipinski definition) is 2. The Labute approximate surface area is 120 Å². The molecule has 3 N–H and O–H groups in total. The van der Waals surface area contributed by atoms with Crippen molar-refractivity contribution < 1.29 is 14.6 Å². The molecule has 0 saturated carbocycles. The molecular weight excluding hydrogens is 256 g/mol. The molecule has 20 heavy (non-hydrogen) atoms. The summed E-state index contributed by atoms with van der Waals surface area (Å²) in [6.07, 6.45) is -0.256. The number of nitrogens with zero attached hydrogens (tertiary/aromatic N) is 1. The summed E-state index contributed by atoms with van der Waals surface area (Å²) in [5.41, 5.74) is 7.25. The SMILES string of the molecule is CCOC(=O)CCN(CC)c1ccc(C(O)CN)cc1. The topological polar surface area (TPSA) is 75.8 Å². The van der Waals surface area contributed by atoms with Crippen LogP contribution < -0.4 is 10.6 Å². The molecule has 0 aliphatic carbocycles. The molecule has 1 unspecified atom stereocenters. The van der Waals surface area contributed by atoms with Crippen molar-refractivity contribution >= 4 is 11.7 Å². The summed E-state index contributed by atoms with van der Waals surface area (Å²) in [7, 11) is 0. The van der Waals surface area contributed by atoms with E-state index in [1.165, 1.54) is 0 Å². The smallest absolute Gasteiger partial charge is 0.307 e. The second-order valence-electron chi connectivity index (χ2n) is 4.48. The normalized spacial score (nSPS) is 12.0. The van der Waals surface area contributed by atoms with Crippen LogP contribution in [0, 0.1) is 0 Å². The van der Waals surface area contributed by atoms with Crippen molar-refractivity contribution in [3.63, 3.8) is 0 Å². The number of aliphatic hydroxyl groups is 1. The Morgan fingerprint density at radius 1 is 1.35 bits per heavy atom. The van der Waals surface area contributed by atoms with Crippen LogP contribution in [0.5, 0.6) is 0 Å². The molecule has 112 valence electrons. The Bertz CT molecular complexity index is 406. The highest BCUT2D eigenvalue weighted by atomic mass is 16.5. The molecule has 1 aromatic carbocycles. The fourth-order valence-electron chi connectivity index (χ4n) is 1.97. The molecule has 0 bridgehead atoms. The number of aliphatic hydroxyl groups excluding tert-OH is 1. The average molecular weight is 280 g/mol. The van der Waals surface area contributed by atoms with Gasteiger partial charge in [0, 0.05) is 25.3 Å². The van der Waals surface area contributed by atoms with E-state index in [-0.39, 0.29) is 12.5 Å². The van der Waals surface area contributed by atoms with E-state index in [4.69, 9.17) is 10.5 Å². The van der Waals surface area contributed by atoms with Crippen LogP contribution in [0.4, 0.5) is 5.69 Å². The van der Waals surface area contributed by atoms with Crippen molar-refractivity contribution in [2.75, 3.05) is 31.1 Å². The fourth-order valence-corrected chi connectivity index (χ4v) is 1.97. The maximum atomic E-state index is 11.4. The van der Waals surface area contributed by atoms with Crippen molar-refractivity contribution in [2.45, 2.75) is 26.4 Å². The molecule has 1 rings (SSSR count). The third-order valence-corrected chi connectivity index (χ3v) is 3.14. The lowest BCUT2D eigenvalue weighted by Crippen LogP contribution is -2.26. The van der Waals surface area contributed by atoms with E-state index in [1.807, 2.05) is 31.2 Å². The lowest BCUT2D eigenvalue weighted by Gasteiger charge is -2.23. The molecule has 0 aliphatic heterocycles. The van der Waals surface area contributed by atoms with E-state index in [0.717, 1.165) is 17.8 Å². The van der Waals surface area contributed by atoms with Crippen molar-refractivity contribution in [1.82, 2.24) is 0 Å². The number of anilines is 1. The van der Waals surface area contributed by atoms with E-state index in [1.54, 1.807) is 6.92 Å². The first-order valence-electron chi connectivity index (χ1n) is 7.01. The number of carbonyl (C=O) groups is 1. The van der Waals surface area contributed by atoms with E-state index < -0.39 is 6.10 Å². The van der Waals surface area contributed by atoms with Crippen LogP contribution >= 0.6 is 0 Å². The monoisotopic (exact) mass is 280 g/mol. The van der Waals surface area contributed by atoms with Gasteiger partial charge in [-0.25, -0.2) is 0 Å². The van der Waals surface area contributed by atoms with Gasteiger partial charge in [-0.1, -0.05) is 12.1 Å². The molecule has 5 nitrogen and oxygen atoms in total. The molecule has 0 aromatic heterocycles. The minimum atomic E-state index is -0.626. The number of benzene rings is 1. The van der Waals surface area contributed by atoms with Gasteiger partial charge >= 0.3 is 5.97 Å². The van der Waals surface area contributed by atoms with Gasteiger partial charge in [0.15, 0.2) is 0 Å².